The summed E-state index contributed by atoms with van der Waals surface area (Å²) in [6, 6.07) is 1.42. The molecule has 116 valence electrons. The Balaban J connectivity index is 2.43. The van der Waals surface area contributed by atoms with Crippen LogP contribution in [-0.2, 0) is 21.3 Å². The first-order chi connectivity index (χ1) is 9.36. The predicted octanol–water partition coefficient (Wildman–Crippen LogP) is 1.98. The average molecular weight is 369 g/mol. The van der Waals surface area contributed by atoms with E-state index in [1.54, 1.807) is 0 Å². The van der Waals surface area contributed by atoms with Crippen molar-refractivity contribution in [2.75, 3.05) is 13.2 Å². The highest BCUT2D eigenvalue weighted by atomic mass is 79.9. The maximum absolute atomic E-state index is 12.1. The molecule has 0 saturated carbocycles. The molecular weight excluding hydrogens is 348 g/mol. The van der Waals surface area contributed by atoms with Gasteiger partial charge in [-0.2, -0.15) is 0 Å². The molecule has 0 radical (unpaired) electrons. The topological polar surface area (TPSA) is 94.6 Å². The number of unbranched alkanes of at least 4 members (excludes halogenated alkanes) is 1. The van der Waals surface area contributed by atoms with E-state index >= 15 is 0 Å². The van der Waals surface area contributed by atoms with Gasteiger partial charge in [0.25, 0.3) is 0 Å². The Morgan fingerprint density at radius 3 is 2.70 bits per heavy atom. The smallest absolute Gasteiger partial charge is 0.244 e. The first-order valence-corrected chi connectivity index (χ1v) is 8.74. The van der Waals surface area contributed by atoms with E-state index in [-0.39, 0.29) is 22.2 Å². The Bertz CT molecular complexity index is 514. The van der Waals surface area contributed by atoms with Crippen LogP contribution in [-0.4, -0.2) is 27.7 Å². The SMILES string of the molecule is CC(C)OCCCCNS(=O)(=O)c1cc(CN)oc1Br. The zero-order valence-corrected chi connectivity index (χ0v) is 14.1. The lowest BCUT2D eigenvalue weighted by Gasteiger charge is -2.08. The molecule has 1 aromatic heterocycles. The predicted molar refractivity (Wildman–Crippen MR) is 79.8 cm³/mol. The van der Waals surface area contributed by atoms with E-state index in [2.05, 4.69) is 20.7 Å². The molecule has 1 aromatic rings. The van der Waals surface area contributed by atoms with Gasteiger partial charge in [0.15, 0.2) is 4.67 Å². The second-order valence-electron chi connectivity index (χ2n) is 4.58. The number of hydrogen-bond donors (Lipinski definition) is 2. The lowest BCUT2D eigenvalue weighted by atomic mass is 10.3. The molecule has 20 heavy (non-hydrogen) atoms. The van der Waals surface area contributed by atoms with Crippen molar-refractivity contribution in [3.63, 3.8) is 0 Å². The van der Waals surface area contributed by atoms with Crippen LogP contribution in [0.25, 0.3) is 0 Å². The summed E-state index contributed by atoms with van der Waals surface area (Å²) in [6.45, 7) is 5.08. The minimum Gasteiger partial charge on any atom is -0.452 e. The minimum absolute atomic E-state index is 0.0800. The molecule has 0 bridgehead atoms. The number of rotatable bonds is 9. The van der Waals surface area contributed by atoms with Gasteiger partial charge < -0.3 is 14.9 Å². The Kier molecular flexibility index (Phi) is 7.18. The van der Waals surface area contributed by atoms with Gasteiger partial charge in [0, 0.05) is 19.2 Å². The maximum atomic E-state index is 12.1. The van der Waals surface area contributed by atoms with Gasteiger partial charge in [-0.3, -0.25) is 0 Å². The lowest BCUT2D eigenvalue weighted by molar-refractivity contribution is 0.0762. The summed E-state index contributed by atoms with van der Waals surface area (Å²) in [6.07, 6.45) is 1.72. The molecule has 0 unspecified atom stereocenters. The van der Waals surface area contributed by atoms with Gasteiger partial charge in [-0.1, -0.05) is 0 Å². The van der Waals surface area contributed by atoms with Gasteiger partial charge in [0.1, 0.15) is 10.7 Å². The molecule has 0 amide bonds. The standard InChI is InChI=1S/C12H21BrN2O4S/c1-9(2)18-6-4-3-5-15-20(16,17)11-7-10(8-14)19-12(11)13/h7,9,15H,3-6,8,14H2,1-2H3. The highest BCUT2D eigenvalue weighted by Crippen LogP contribution is 2.25. The molecule has 8 heteroatoms. The summed E-state index contributed by atoms with van der Waals surface area (Å²) < 4.78 is 37.4. The molecule has 6 nitrogen and oxygen atoms in total. The van der Waals surface area contributed by atoms with Gasteiger partial charge in [0.05, 0.1) is 12.6 Å². The van der Waals surface area contributed by atoms with Crippen molar-refractivity contribution in [3.05, 3.63) is 16.5 Å². The number of hydrogen-bond acceptors (Lipinski definition) is 5. The fourth-order valence-electron chi connectivity index (χ4n) is 1.51. The van der Waals surface area contributed by atoms with Crippen molar-refractivity contribution >= 4 is 26.0 Å². The summed E-state index contributed by atoms with van der Waals surface area (Å²) in [5.41, 5.74) is 5.41. The number of ether oxygens (including phenoxy) is 1. The quantitative estimate of drug-likeness (QED) is 0.649. The second-order valence-corrected chi connectivity index (χ2v) is 7.03. The van der Waals surface area contributed by atoms with E-state index in [0.29, 0.717) is 25.3 Å². The molecule has 0 spiro atoms. The normalized spacial score (nSPS) is 12.2. The van der Waals surface area contributed by atoms with Gasteiger partial charge in [0.2, 0.25) is 10.0 Å². The molecule has 1 heterocycles. The van der Waals surface area contributed by atoms with Crippen LogP contribution >= 0.6 is 15.9 Å². The molecule has 1 rings (SSSR count). The molecular formula is C12H21BrN2O4S. The van der Waals surface area contributed by atoms with Gasteiger partial charge in [-0.15, -0.1) is 0 Å². The summed E-state index contributed by atoms with van der Waals surface area (Å²) >= 11 is 3.08. The van der Waals surface area contributed by atoms with Crippen LogP contribution in [0.4, 0.5) is 0 Å². The van der Waals surface area contributed by atoms with Crippen molar-refractivity contribution < 1.29 is 17.6 Å². The van der Waals surface area contributed by atoms with Crippen LogP contribution in [0.3, 0.4) is 0 Å². The van der Waals surface area contributed by atoms with E-state index in [1.165, 1.54) is 6.07 Å². The van der Waals surface area contributed by atoms with Crippen molar-refractivity contribution in [1.29, 1.82) is 0 Å². The Morgan fingerprint density at radius 2 is 2.15 bits per heavy atom. The highest BCUT2D eigenvalue weighted by molar-refractivity contribution is 9.10. The number of furan rings is 1. The number of sulfonamides is 1. The Labute approximate surface area is 128 Å². The van der Waals surface area contributed by atoms with E-state index in [0.717, 1.165) is 6.42 Å². The van der Waals surface area contributed by atoms with Crippen LogP contribution in [0.5, 0.6) is 0 Å². The summed E-state index contributed by atoms with van der Waals surface area (Å²) in [5, 5.41) is 0. The van der Waals surface area contributed by atoms with E-state index < -0.39 is 10.0 Å². The summed E-state index contributed by atoms with van der Waals surface area (Å²) in [7, 11) is -3.57. The van der Waals surface area contributed by atoms with Crippen molar-refractivity contribution in [2.45, 2.75) is 44.2 Å². The largest absolute Gasteiger partial charge is 0.452 e. The molecule has 0 saturated heterocycles. The van der Waals surface area contributed by atoms with Crippen LogP contribution < -0.4 is 10.5 Å². The van der Waals surface area contributed by atoms with Gasteiger partial charge in [-0.25, -0.2) is 13.1 Å². The van der Waals surface area contributed by atoms with Crippen LogP contribution in [0.2, 0.25) is 0 Å². The molecule has 3 N–H and O–H groups in total. The number of nitrogens with two attached hydrogens (primary N) is 1. The third kappa shape index (κ3) is 5.53. The molecule has 0 fully saturated rings. The monoisotopic (exact) mass is 368 g/mol. The first kappa shape index (κ1) is 17.6. The third-order valence-electron chi connectivity index (χ3n) is 2.51. The maximum Gasteiger partial charge on any atom is 0.244 e. The van der Waals surface area contributed by atoms with Crippen LogP contribution in [0.15, 0.2) is 20.0 Å². The van der Waals surface area contributed by atoms with E-state index in [9.17, 15) is 8.42 Å². The first-order valence-electron chi connectivity index (χ1n) is 6.46. The lowest BCUT2D eigenvalue weighted by Crippen LogP contribution is -2.25. The van der Waals surface area contributed by atoms with Crippen LogP contribution in [0.1, 0.15) is 32.4 Å². The summed E-state index contributed by atoms with van der Waals surface area (Å²) in [4.78, 5) is 0.0800. The zero-order chi connectivity index (χ0) is 15.2. The van der Waals surface area contributed by atoms with Crippen molar-refractivity contribution in [1.82, 2.24) is 4.72 Å². The number of nitrogens with one attached hydrogen (secondary N) is 1. The number of halogens is 1. The van der Waals surface area contributed by atoms with Crippen molar-refractivity contribution in [3.8, 4) is 0 Å². The van der Waals surface area contributed by atoms with Gasteiger partial charge in [-0.05, 0) is 42.6 Å². The third-order valence-corrected chi connectivity index (χ3v) is 4.83. The Morgan fingerprint density at radius 1 is 1.45 bits per heavy atom. The fourth-order valence-corrected chi connectivity index (χ4v) is 3.58. The molecule has 0 aliphatic heterocycles. The van der Waals surface area contributed by atoms with E-state index in [4.69, 9.17) is 14.9 Å². The highest BCUT2D eigenvalue weighted by Gasteiger charge is 2.21. The Hall–Kier alpha value is -0.410. The average Bonchev–Trinajstić information content (AvgIpc) is 2.75. The molecule has 0 aliphatic rings. The molecule has 0 aromatic carbocycles. The fraction of sp³-hybridized carbons (Fsp3) is 0.667. The minimum atomic E-state index is -3.57. The van der Waals surface area contributed by atoms with Gasteiger partial charge >= 0.3 is 0 Å². The summed E-state index contributed by atoms with van der Waals surface area (Å²) in [5.74, 6) is 0.419. The second kappa shape index (κ2) is 8.14. The zero-order valence-electron chi connectivity index (χ0n) is 11.7. The molecule has 0 atom stereocenters. The van der Waals surface area contributed by atoms with E-state index in [1.807, 2.05) is 13.8 Å². The molecule has 0 aliphatic carbocycles. The van der Waals surface area contributed by atoms with Crippen LogP contribution in [0, 0.1) is 0 Å². The van der Waals surface area contributed by atoms with Crippen molar-refractivity contribution in [2.24, 2.45) is 5.73 Å².